The van der Waals surface area contributed by atoms with Gasteiger partial charge in [0.1, 0.15) is 0 Å². The lowest BCUT2D eigenvalue weighted by Crippen LogP contribution is -2.65. The molecule has 0 amide bonds. The molecule has 2 atom stereocenters. The molecule has 2 aliphatic rings. The second kappa shape index (κ2) is 5.31. The zero-order chi connectivity index (χ0) is 15.2. The molecule has 1 aromatic heterocycles. The molecule has 2 unspecified atom stereocenters. The highest BCUT2D eigenvalue weighted by Crippen LogP contribution is 2.43. The van der Waals surface area contributed by atoms with Gasteiger partial charge in [0.15, 0.2) is 0 Å². The molecular formula is C17H30N4. The van der Waals surface area contributed by atoms with Crippen molar-refractivity contribution < 1.29 is 0 Å². The molecule has 21 heavy (non-hydrogen) atoms. The molecule has 0 bridgehead atoms. The molecular weight excluding hydrogens is 260 g/mol. The summed E-state index contributed by atoms with van der Waals surface area (Å²) in [5, 5.41) is 8.52. The zero-order valence-corrected chi connectivity index (χ0v) is 14.2. The second-order valence-corrected chi connectivity index (χ2v) is 7.50. The minimum Gasteiger partial charge on any atom is -0.362 e. The summed E-state index contributed by atoms with van der Waals surface area (Å²) in [6.07, 6.45) is 5.99. The average molecular weight is 290 g/mol. The lowest BCUT2D eigenvalue weighted by atomic mass is 9.87. The summed E-state index contributed by atoms with van der Waals surface area (Å²) in [5.74, 6) is 1.50. The Morgan fingerprint density at radius 3 is 2.71 bits per heavy atom. The third kappa shape index (κ3) is 2.70. The van der Waals surface area contributed by atoms with E-state index in [1.807, 2.05) is 11.7 Å². The Bertz CT molecular complexity index is 503. The average Bonchev–Trinajstić information content (AvgIpc) is 3.22. The number of aromatic nitrogens is 2. The van der Waals surface area contributed by atoms with Crippen molar-refractivity contribution in [3.8, 4) is 0 Å². The van der Waals surface area contributed by atoms with Gasteiger partial charge in [-0.25, -0.2) is 0 Å². The van der Waals surface area contributed by atoms with Crippen LogP contribution in [0.25, 0.3) is 0 Å². The second-order valence-electron chi connectivity index (χ2n) is 7.50. The van der Waals surface area contributed by atoms with Crippen LogP contribution in [0.2, 0.25) is 0 Å². The molecule has 4 heteroatoms. The standard InChI is InChI=1S/C17H30N4/c1-6-14-16(10-20(5)19-14)21-11-17(4,13-7-8-13)18-9-15(21)12(2)3/h10,12-13,15,18H,6-9,11H2,1-5H3. The van der Waals surface area contributed by atoms with E-state index >= 15 is 0 Å². The van der Waals surface area contributed by atoms with Gasteiger partial charge in [-0.05, 0) is 38.0 Å². The monoisotopic (exact) mass is 290 g/mol. The Hall–Kier alpha value is -1.03. The van der Waals surface area contributed by atoms with Crippen LogP contribution in [-0.4, -0.2) is 34.5 Å². The van der Waals surface area contributed by atoms with Crippen LogP contribution < -0.4 is 10.2 Å². The minimum atomic E-state index is 0.270. The van der Waals surface area contributed by atoms with E-state index in [4.69, 9.17) is 0 Å². The predicted molar refractivity (Wildman–Crippen MR) is 87.7 cm³/mol. The molecule has 4 nitrogen and oxygen atoms in total. The van der Waals surface area contributed by atoms with Crippen LogP contribution in [0.3, 0.4) is 0 Å². The van der Waals surface area contributed by atoms with E-state index in [2.05, 4.69) is 49.2 Å². The predicted octanol–water partition coefficient (Wildman–Crippen LogP) is 2.59. The van der Waals surface area contributed by atoms with Gasteiger partial charge >= 0.3 is 0 Å². The van der Waals surface area contributed by atoms with E-state index in [1.54, 1.807) is 0 Å². The molecule has 1 aromatic rings. The van der Waals surface area contributed by atoms with Crippen LogP contribution >= 0.6 is 0 Å². The summed E-state index contributed by atoms with van der Waals surface area (Å²) in [7, 11) is 2.04. The smallest absolute Gasteiger partial charge is 0.0855 e. The number of nitrogens with one attached hydrogen (secondary N) is 1. The lowest BCUT2D eigenvalue weighted by molar-refractivity contribution is 0.233. The molecule has 0 spiro atoms. The van der Waals surface area contributed by atoms with Crippen LogP contribution in [0.4, 0.5) is 5.69 Å². The molecule has 1 saturated heterocycles. The fraction of sp³-hybridized carbons (Fsp3) is 0.824. The van der Waals surface area contributed by atoms with E-state index in [0.29, 0.717) is 12.0 Å². The molecule has 118 valence electrons. The topological polar surface area (TPSA) is 33.1 Å². The first-order valence-corrected chi connectivity index (χ1v) is 8.48. The number of aryl methyl sites for hydroxylation is 2. The number of hydrogen-bond acceptors (Lipinski definition) is 3. The number of rotatable bonds is 4. The molecule has 2 fully saturated rings. The van der Waals surface area contributed by atoms with Crippen molar-refractivity contribution in [2.75, 3.05) is 18.0 Å². The van der Waals surface area contributed by atoms with E-state index in [0.717, 1.165) is 25.4 Å². The highest BCUT2D eigenvalue weighted by atomic mass is 15.3. The van der Waals surface area contributed by atoms with Crippen LogP contribution in [0.1, 0.15) is 46.2 Å². The van der Waals surface area contributed by atoms with Gasteiger partial charge < -0.3 is 10.2 Å². The Morgan fingerprint density at radius 2 is 2.14 bits per heavy atom. The summed E-state index contributed by atoms with van der Waals surface area (Å²) in [6, 6.07) is 0.561. The first kappa shape index (κ1) is 14.9. The van der Waals surface area contributed by atoms with Crippen LogP contribution in [-0.2, 0) is 13.5 Å². The van der Waals surface area contributed by atoms with E-state index in [-0.39, 0.29) is 5.54 Å². The van der Waals surface area contributed by atoms with Gasteiger partial charge in [-0.15, -0.1) is 0 Å². The van der Waals surface area contributed by atoms with Crippen LogP contribution in [0.5, 0.6) is 0 Å². The fourth-order valence-corrected chi connectivity index (χ4v) is 3.84. The third-order valence-corrected chi connectivity index (χ3v) is 5.39. The van der Waals surface area contributed by atoms with Crippen molar-refractivity contribution in [2.24, 2.45) is 18.9 Å². The molecule has 1 aliphatic carbocycles. The van der Waals surface area contributed by atoms with Gasteiger partial charge in [0.05, 0.1) is 11.4 Å². The van der Waals surface area contributed by atoms with Crippen molar-refractivity contribution in [1.82, 2.24) is 15.1 Å². The van der Waals surface area contributed by atoms with Crippen molar-refractivity contribution in [3.05, 3.63) is 11.9 Å². The summed E-state index contributed by atoms with van der Waals surface area (Å²) in [5.41, 5.74) is 2.86. The summed E-state index contributed by atoms with van der Waals surface area (Å²) >= 11 is 0. The normalized spacial score (nSPS) is 30.2. The lowest BCUT2D eigenvalue weighted by Gasteiger charge is -2.49. The first-order valence-electron chi connectivity index (χ1n) is 8.48. The van der Waals surface area contributed by atoms with Crippen molar-refractivity contribution in [3.63, 3.8) is 0 Å². The van der Waals surface area contributed by atoms with E-state index < -0.39 is 0 Å². The van der Waals surface area contributed by atoms with Gasteiger partial charge in [0.2, 0.25) is 0 Å². The maximum Gasteiger partial charge on any atom is 0.0855 e. The highest BCUT2D eigenvalue weighted by Gasteiger charge is 2.47. The Balaban J connectivity index is 1.93. The Kier molecular flexibility index (Phi) is 3.76. The highest BCUT2D eigenvalue weighted by molar-refractivity contribution is 5.52. The number of anilines is 1. The zero-order valence-electron chi connectivity index (χ0n) is 14.2. The summed E-state index contributed by atoms with van der Waals surface area (Å²) in [4.78, 5) is 2.64. The number of nitrogens with zero attached hydrogens (tertiary/aromatic N) is 3. The third-order valence-electron chi connectivity index (χ3n) is 5.39. The number of piperazine rings is 1. The molecule has 2 heterocycles. The fourth-order valence-electron chi connectivity index (χ4n) is 3.84. The summed E-state index contributed by atoms with van der Waals surface area (Å²) < 4.78 is 1.97. The van der Waals surface area contributed by atoms with Gasteiger partial charge in [-0.2, -0.15) is 5.10 Å². The van der Waals surface area contributed by atoms with Gasteiger partial charge in [-0.1, -0.05) is 20.8 Å². The molecule has 1 N–H and O–H groups in total. The molecule has 0 radical (unpaired) electrons. The van der Waals surface area contributed by atoms with E-state index in [9.17, 15) is 0 Å². The quantitative estimate of drug-likeness (QED) is 0.925. The van der Waals surface area contributed by atoms with Crippen LogP contribution in [0.15, 0.2) is 6.20 Å². The van der Waals surface area contributed by atoms with Crippen LogP contribution in [0, 0.1) is 11.8 Å². The maximum atomic E-state index is 4.66. The first-order chi connectivity index (χ1) is 9.94. The molecule has 0 aromatic carbocycles. The Morgan fingerprint density at radius 1 is 1.43 bits per heavy atom. The summed E-state index contributed by atoms with van der Waals surface area (Å²) in [6.45, 7) is 11.5. The van der Waals surface area contributed by atoms with Crippen molar-refractivity contribution >= 4 is 5.69 Å². The van der Waals surface area contributed by atoms with Crippen molar-refractivity contribution in [2.45, 2.75) is 58.5 Å². The van der Waals surface area contributed by atoms with Gasteiger partial charge in [0.25, 0.3) is 0 Å². The SMILES string of the molecule is CCc1nn(C)cc1N1CC(C)(C2CC2)NCC1C(C)C. The van der Waals surface area contributed by atoms with Gasteiger partial charge in [0, 0.05) is 37.9 Å². The molecule has 3 rings (SSSR count). The van der Waals surface area contributed by atoms with Crippen molar-refractivity contribution in [1.29, 1.82) is 0 Å². The maximum absolute atomic E-state index is 4.66. The van der Waals surface area contributed by atoms with Gasteiger partial charge in [-0.3, -0.25) is 4.68 Å². The van der Waals surface area contributed by atoms with E-state index in [1.165, 1.54) is 24.2 Å². The minimum absolute atomic E-state index is 0.270. The Labute approximate surface area is 128 Å². The largest absolute Gasteiger partial charge is 0.362 e. The molecule has 1 aliphatic heterocycles. The number of hydrogen-bond donors (Lipinski definition) is 1. The molecule has 1 saturated carbocycles.